The second-order valence-corrected chi connectivity index (χ2v) is 4.07. The minimum Gasteiger partial charge on any atom is -0.424 e. The van der Waals surface area contributed by atoms with E-state index < -0.39 is 5.60 Å². The van der Waals surface area contributed by atoms with E-state index in [4.69, 9.17) is 4.42 Å². The molecule has 0 aliphatic heterocycles. The zero-order valence-electron chi connectivity index (χ0n) is 9.58. The van der Waals surface area contributed by atoms with Gasteiger partial charge in [0.25, 0.3) is 0 Å². The van der Waals surface area contributed by atoms with Crippen LogP contribution >= 0.6 is 0 Å². The highest BCUT2D eigenvalue weighted by atomic mass is 16.4. The lowest BCUT2D eigenvalue weighted by atomic mass is 10.0. The lowest BCUT2D eigenvalue weighted by Gasteiger charge is -2.22. The molecule has 1 heterocycles. The van der Waals surface area contributed by atoms with Crippen molar-refractivity contribution in [1.82, 2.24) is 15.5 Å². The molecule has 86 valence electrons. The second-order valence-electron chi connectivity index (χ2n) is 4.07. The van der Waals surface area contributed by atoms with Crippen molar-refractivity contribution in [2.75, 3.05) is 6.54 Å². The first kappa shape index (κ1) is 12.1. The minimum absolute atomic E-state index is 0.501. The van der Waals surface area contributed by atoms with E-state index in [2.05, 4.69) is 22.4 Å². The molecule has 0 bridgehead atoms. The van der Waals surface area contributed by atoms with Crippen LogP contribution < -0.4 is 5.32 Å². The van der Waals surface area contributed by atoms with E-state index >= 15 is 0 Å². The summed E-state index contributed by atoms with van der Waals surface area (Å²) in [4.78, 5) is 0. The largest absolute Gasteiger partial charge is 0.424 e. The Kier molecular flexibility index (Phi) is 4.23. The summed E-state index contributed by atoms with van der Waals surface area (Å²) in [7, 11) is 0. The Labute approximate surface area is 89.9 Å². The minimum atomic E-state index is -0.663. The standard InChI is InChI=1S/C10H19N3O2/c1-4-5-10(3,14)7-11-6-9-13-12-8(2)15-9/h11,14H,4-7H2,1-3H3. The molecule has 15 heavy (non-hydrogen) atoms. The predicted molar refractivity (Wildman–Crippen MR) is 56.3 cm³/mol. The van der Waals surface area contributed by atoms with E-state index in [1.165, 1.54) is 0 Å². The SMILES string of the molecule is CCCC(C)(O)CNCc1nnc(C)o1. The molecule has 5 nitrogen and oxygen atoms in total. The maximum absolute atomic E-state index is 9.87. The first-order valence-corrected chi connectivity index (χ1v) is 5.25. The molecule has 0 radical (unpaired) electrons. The molecule has 0 saturated carbocycles. The third-order valence-corrected chi connectivity index (χ3v) is 2.14. The number of nitrogens with zero attached hydrogens (tertiary/aromatic N) is 2. The van der Waals surface area contributed by atoms with Gasteiger partial charge in [-0.25, -0.2) is 0 Å². The summed E-state index contributed by atoms with van der Waals surface area (Å²) in [5.74, 6) is 1.12. The van der Waals surface area contributed by atoms with Gasteiger partial charge in [0.2, 0.25) is 11.8 Å². The van der Waals surface area contributed by atoms with Gasteiger partial charge in [0.15, 0.2) is 0 Å². The fourth-order valence-corrected chi connectivity index (χ4v) is 1.47. The highest BCUT2D eigenvalue weighted by molar-refractivity contribution is 4.80. The van der Waals surface area contributed by atoms with Gasteiger partial charge in [0, 0.05) is 13.5 Å². The van der Waals surface area contributed by atoms with Gasteiger partial charge >= 0.3 is 0 Å². The van der Waals surface area contributed by atoms with E-state index in [-0.39, 0.29) is 0 Å². The van der Waals surface area contributed by atoms with Crippen molar-refractivity contribution in [2.45, 2.75) is 45.8 Å². The third-order valence-electron chi connectivity index (χ3n) is 2.14. The van der Waals surface area contributed by atoms with Crippen LogP contribution in [0.3, 0.4) is 0 Å². The second kappa shape index (κ2) is 5.23. The molecule has 0 aliphatic rings. The van der Waals surface area contributed by atoms with Gasteiger partial charge in [0.05, 0.1) is 12.1 Å². The summed E-state index contributed by atoms with van der Waals surface area (Å²) in [6, 6.07) is 0. The van der Waals surface area contributed by atoms with Gasteiger partial charge in [-0.2, -0.15) is 0 Å². The van der Waals surface area contributed by atoms with Gasteiger partial charge in [0.1, 0.15) is 0 Å². The Bertz CT molecular complexity index is 297. The predicted octanol–water partition coefficient (Wildman–Crippen LogP) is 1.02. The van der Waals surface area contributed by atoms with Crippen molar-refractivity contribution in [2.24, 2.45) is 0 Å². The number of hydrogen-bond acceptors (Lipinski definition) is 5. The molecular formula is C10H19N3O2. The highest BCUT2D eigenvalue weighted by Gasteiger charge is 2.18. The first-order valence-electron chi connectivity index (χ1n) is 5.25. The summed E-state index contributed by atoms with van der Waals surface area (Å²) in [5.41, 5.74) is -0.663. The van der Waals surface area contributed by atoms with Crippen LogP contribution in [0.4, 0.5) is 0 Å². The number of hydrogen-bond donors (Lipinski definition) is 2. The van der Waals surface area contributed by atoms with Crippen molar-refractivity contribution < 1.29 is 9.52 Å². The molecule has 0 saturated heterocycles. The molecule has 0 aromatic carbocycles. The van der Waals surface area contributed by atoms with Crippen molar-refractivity contribution in [3.8, 4) is 0 Å². The molecule has 0 spiro atoms. The van der Waals surface area contributed by atoms with Crippen LogP contribution in [0.1, 0.15) is 38.5 Å². The summed E-state index contributed by atoms with van der Waals surface area (Å²) in [5, 5.41) is 20.5. The molecular weight excluding hydrogens is 194 g/mol. The van der Waals surface area contributed by atoms with E-state index in [9.17, 15) is 5.11 Å². The Hall–Kier alpha value is -0.940. The van der Waals surface area contributed by atoms with E-state index in [1.807, 2.05) is 6.92 Å². The number of aryl methyl sites for hydroxylation is 1. The quantitative estimate of drug-likeness (QED) is 0.738. The number of aromatic nitrogens is 2. The van der Waals surface area contributed by atoms with Crippen LogP contribution in [0.5, 0.6) is 0 Å². The fourth-order valence-electron chi connectivity index (χ4n) is 1.47. The summed E-state index contributed by atoms with van der Waals surface area (Å²) in [6.45, 7) is 6.66. The zero-order valence-corrected chi connectivity index (χ0v) is 9.58. The average molecular weight is 213 g/mol. The highest BCUT2D eigenvalue weighted by Crippen LogP contribution is 2.10. The molecule has 0 amide bonds. The smallest absolute Gasteiger partial charge is 0.230 e. The normalized spacial score (nSPS) is 15.2. The van der Waals surface area contributed by atoms with Gasteiger partial charge in [-0.3, -0.25) is 0 Å². The summed E-state index contributed by atoms with van der Waals surface area (Å²) < 4.78 is 5.19. The monoisotopic (exact) mass is 213 g/mol. The van der Waals surface area contributed by atoms with Crippen LogP contribution in [0, 0.1) is 6.92 Å². The van der Waals surface area contributed by atoms with Crippen LogP contribution in [0.15, 0.2) is 4.42 Å². The van der Waals surface area contributed by atoms with Crippen LogP contribution in [0.2, 0.25) is 0 Å². The number of rotatable bonds is 6. The Balaban J connectivity index is 2.27. The number of nitrogens with one attached hydrogen (secondary N) is 1. The zero-order chi connectivity index (χ0) is 11.3. The Morgan fingerprint density at radius 2 is 2.20 bits per heavy atom. The van der Waals surface area contributed by atoms with Gasteiger partial charge in [-0.1, -0.05) is 13.3 Å². The molecule has 0 fully saturated rings. The van der Waals surface area contributed by atoms with Crippen LogP contribution in [-0.4, -0.2) is 27.4 Å². The molecule has 1 aromatic rings. The fraction of sp³-hybridized carbons (Fsp3) is 0.800. The summed E-state index contributed by atoms with van der Waals surface area (Å²) in [6.07, 6.45) is 1.75. The maximum Gasteiger partial charge on any atom is 0.230 e. The topological polar surface area (TPSA) is 71.2 Å². The lowest BCUT2D eigenvalue weighted by molar-refractivity contribution is 0.0492. The van der Waals surface area contributed by atoms with Crippen molar-refractivity contribution in [3.05, 3.63) is 11.8 Å². The Morgan fingerprint density at radius 3 is 2.73 bits per heavy atom. The third kappa shape index (κ3) is 4.40. The molecule has 1 aromatic heterocycles. The molecule has 0 aliphatic carbocycles. The molecule has 1 rings (SSSR count). The first-order chi connectivity index (χ1) is 7.03. The molecule has 1 unspecified atom stereocenters. The van der Waals surface area contributed by atoms with Crippen molar-refractivity contribution in [3.63, 3.8) is 0 Å². The van der Waals surface area contributed by atoms with Crippen LogP contribution in [0.25, 0.3) is 0 Å². The molecule has 2 N–H and O–H groups in total. The number of aliphatic hydroxyl groups is 1. The van der Waals surface area contributed by atoms with Crippen molar-refractivity contribution >= 4 is 0 Å². The van der Waals surface area contributed by atoms with Crippen LogP contribution in [-0.2, 0) is 6.54 Å². The molecule has 1 atom stereocenters. The van der Waals surface area contributed by atoms with Gasteiger partial charge in [-0.05, 0) is 13.3 Å². The van der Waals surface area contributed by atoms with E-state index in [1.54, 1.807) is 6.92 Å². The molecule has 5 heteroatoms. The average Bonchev–Trinajstić information content (AvgIpc) is 2.51. The van der Waals surface area contributed by atoms with Crippen molar-refractivity contribution in [1.29, 1.82) is 0 Å². The van der Waals surface area contributed by atoms with E-state index in [0.717, 1.165) is 12.8 Å². The van der Waals surface area contributed by atoms with Gasteiger partial charge in [-0.15, -0.1) is 10.2 Å². The Morgan fingerprint density at radius 1 is 1.47 bits per heavy atom. The van der Waals surface area contributed by atoms with E-state index in [0.29, 0.717) is 24.9 Å². The lowest BCUT2D eigenvalue weighted by Crippen LogP contribution is -2.37. The van der Waals surface area contributed by atoms with Gasteiger partial charge < -0.3 is 14.8 Å². The maximum atomic E-state index is 9.87. The summed E-state index contributed by atoms with van der Waals surface area (Å²) >= 11 is 0.